The predicted octanol–water partition coefficient (Wildman–Crippen LogP) is 1.93. The number of sulfone groups is 1. The minimum absolute atomic E-state index is 0.353. The van der Waals surface area contributed by atoms with Crippen molar-refractivity contribution in [2.75, 3.05) is 31.1 Å². The van der Waals surface area contributed by atoms with Crippen molar-refractivity contribution in [1.29, 1.82) is 0 Å². The second-order valence-corrected chi connectivity index (χ2v) is 8.31. The number of unbranched alkanes of at least 4 members (excludes halogenated alkanes) is 1. The molecule has 0 saturated carbocycles. The molecular weight excluding hydrogens is 222 g/mol. The molecule has 0 amide bonds. The van der Waals surface area contributed by atoms with Gasteiger partial charge in [-0.2, -0.15) is 0 Å². The fraction of sp³-hybridized carbons (Fsp3) is 1.00. The van der Waals surface area contributed by atoms with Gasteiger partial charge in [0.1, 0.15) is 0 Å². The molecule has 3 nitrogen and oxygen atoms in total. The van der Waals surface area contributed by atoms with Gasteiger partial charge in [-0.15, -0.1) is 0 Å². The van der Waals surface area contributed by atoms with Crippen molar-refractivity contribution < 1.29 is 8.42 Å². The van der Waals surface area contributed by atoms with Gasteiger partial charge in [0, 0.05) is 13.1 Å². The van der Waals surface area contributed by atoms with Crippen LogP contribution in [0.5, 0.6) is 0 Å². The maximum Gasteiger partial charge on any atom is 0.152 e. The van der Waals surface area contributed by atoms with E-state index in [1.54, 1.807) is 0 Å². The second kappa shape index (κ2) is 5.50. The Kier molecular flexibility index (Phi) is 4.80. The van der Waals surface area contributed by atoms with Crippen LogP contribution in [0, 0.1) is 5.41 Å². The minimum Gasteiger partial charge on any atom is -0.301 e. The monoisotopic (exact) mass is 247 g/mol. The van der Waals surface area contributed by atoms with Gasteiger partial charge < -0.3 is 4.90 Å². The summed E-state index contributed by atoms with van der Waals surface area (Å²) in [5.41, 5.74) is 0.422. The molecule has 4 heteroatoms. The van der Waals surface area contributed by atoms with E-state index in [1.807, 2.05) is 0 Å². The molecule has 0 aliphatic carbocycles. The molecule has 0 aromatic heterocycles. The molecule has 96 valence electrons. The fourth-order valence-corrected chi connectivity index (χ4v) is 3.24. The SMILES string of the molecule is CC(C)(C)CCCCN1CCS(=O)(=O)CC1. The quantitative estimate of drug-likeness (QED) is 0.712. The molecule has 0 unspecified atom stereocenters. The Morgan fingerprint density at radius 1 is 1.06 bits per heavy atom. The van der Waals surface area contributed by atoms with E-state index in [9.17, 15) is 8.42 Å². The molecular formula is C12H25NO2S. The van der Waals surface area contributed by atoms with Crippen LogP contribution in [0.3, 0.4) is 0 Å². The van der Waals surface area contributed by atoms with Gasteiger partial charge in [0.2, 0.25) is 0 Å². The molecule has 1 heterocycles. The normalized spacial score (nSPS) is 22.2. The zero-order chi connectivity index (χ0) is 12.2. The molecule has 0 atom stereocenters. The third-order valence-electron chi connectivity index (χ3n) is 3.09. The molecule has 0 N–H and O–H groups in total. The third kappa shape index (κ3) is 5.85. The van der Waals surface area contributed by atoms with Crippen molar-refractivity contribution in [1.82, 2.24) is 4.90 Å². The summed E-state index contributed by atoms with van der Waals surface area (Å²) in [4.78, 5) is 2.28. The van der Waals surface area contributed by atoms with Crippen LogP contribution in [0.25, 0.3) is 0 Å². The molecule has 1 aliphatic rings. The highest BCUT2D eigenvalue weighted by molar-refractivity contribution is 7.91. The molecule has 1 saturated heterocycles. The minimum atomic E-state index is -2.71. The highest BCUT2D eigenvalue weighted by Crippen LogP contribution is 2.21. The van der Waals surface area contributed by atoms with Crippen molar-refractivity contribution in [3.8, 4) is 0 Å². The smallest absolute Gasteiger partial charge is 0.152 e. The van der Waals surface area contributed by atoms with Crippen molar-refractivity contribution in [3.63, 3.8) is 0 Å². The Morgan fingerprint density at radius 2 is 1.62 bits per heavy atom. The summed E-state index contributed by atoms with van der Waals surface area (Å²) in [5.74, 6) is 0.707. The molecule has 16 heavy (non-hydrogen) atoms. The van der Waals surface area contributed by atoms with Gasteiger partial charge in [-0.25, -0.2) is 8.42 Å². The number of rotatable bonds is 4. The van der Waals surface area contributed by atoms with Crippen molar-refractivity contribution in [2.45, 2.75) is 40.0 Å². The van der Waals surface area contributed by atoms with Gasteiger partial charge in [0.15, 0.2) is 9.84 Å². The molecule has 0 radical (unpaired) electrons. The molecule has 0 bridgehead atoms. The van der Waals surface area contributed by atoms with E-state index in [2.05, 4.69) is 25.7 Å². The van der Waals surface area contributed by atoms with Crippen molar-refractivity contribution in [3.05, 3.63) is 0 Å². The molecule has 0 spiro atoms. The highest BCUT2D eigenvalue weighted by Gasteiger charge is 2.20. The summed E-state index contributed by atoms with van der Waals surface area (Å²) in [5, 5.41) is 0. The highest BCUT2D eigenvalue weighted by atomic mass is 32.2. The van der Waals surface area contributed by atoms with Gasteiger partial charge in [0.25, 0.3) is 0 Å². The number of nitrogens with zero attached hydrogens (tertiary/aromatic N) is 1. The van der Waals surface area contributed by atoms with E-state index in [0.717, 1.165) is 19.6 Å². The Morgan fingerprint density at radius 3 is 2.12 bits per heavy atom. The number of hydrogen-bond acceptors (Lipinski definition) is 3. The lowest BCUT2D eigenvalue weighted by Gasteiger charge is -2.27. The molecule has 1 fully saturated rings. The van der Waals surface area contributed by atoms with Crippen molar-refractivity contribution >= 4 is 9.84 Å². The van der Waals surface area contributed by atoms with Crippen LogP contribution >= 0.6 is 0 Å². The first-order valence-corrected chi connectivity index (χ1v) is 8.03. The lowest BCUT2D eigenvalue weighted by molar-refractivity contribution is 0.275. The fourth-order valence-electron chi connectivity index (χ4n) is 1.96. The maximum absolute atomic E-state index is 11.2. The van der Waals surface area contributed by atoms with Crippen LogP contribution in [-0.4, -0.2) is 44.5 Å². The van der Waals surface area contributed by atoms with Crippen LogP contribution < -0.4 is 0 Å². The third-order valence-corrected chi connectivity index (χ3v) is 4.70. The van der Waals surface area contributed by atoms with Crippen LogP contribution in [0.1, 0.15) is 40.0 Å². The summed E-state index contributed by atoms with van der Waals surface area (Å²) in [6, 6.07) is 0. The average Bonchev–Trinajstić information content (AvgIpc) is 2.13. The van der Waals surface area contributed by atoms with Gasteiger partial charge in [-0.3, -0.25) is 0 Å². The molecule has 1 aliphatic heterocycles. The summed E-state index contributed by atoms with van der Waals surface area (Å²) >= 11 is 0. The standard InChI is InChI=1S/C12H25NO2S/c1-12(2,3)6-4-5-7-13-8-10-16(14,15)11-9-13/h4-11H2,1-3H3. The first-order chi connectivity index (χ1) is 7.29. The molecule has 1 rings (SSSR count). The van der Waals surface area contributed by atoms with Crippen LogP contribution in [-0.2, 0) is 9.84 Å². The van der Waals surface area contributed by atoms with E-state index in [0.29, 0.717) is 16.9 Å². The Balaban J connectivity index is 2.11. The first kappa shape index (κ1) is 14.0. The Hall–Kier alpha value is -0.0900. The van der Waals surface area contributed by atoms with Gasteiger partial charge in [-0.1, -0.05) is 27.2 Å². The number of hydrogen-bond donors (Lipinski definition) is 0. The molecule has 0 aromatic carbocycles. The average molecular weight is 247 g/mol. The van der Waals surface area contributed by atoms with Crippen LogP contribution in [0.4, 0.5) is 0 Å². The van der Waals surface area contributed by atoms with E-state index in [-0.39, 0.29) is 0 Å². The van der Waals surface area contributed by atoms with E-state index < -0.39 is 9.84 Å². The first-order valence-electron chi connectivity index (χ1n) is 6.21. The maximum atomic E-state index is 11.2. The van der Waals surface area contributed by atoms with Crippen LogP contribution in [0.2, 0.25) is 0 Å². The van der Waals surface area contributed by atoms with Crippen LogP contribution in [0.15, 0.2) is 0 Å². The van der Waals surface area contributed by atoms with E-state index in [1.165, 1.54) is 19.3 Å². The zero-order valence-corrected chi connectivity index (χ0v) is 11.6. The summed E-state index contributed by atoms with van der Waals surface area (Å²) in [7, 11) is -2.71. The lowest BCUT2D eigenvalue weighted by Crippen LogP contribution is -2.40. The van der Waals surface area contributed by atoms with Gasteiger partial charge in [-0.05, 0) is 24.8 Å². The Bertz CT molecular complexity index is 289. The Labute approximate surface area is 100 Å². The lowest BCUT2D eigenvalue weighted by atomic mass is 9.90. The van der Waals surface area contributed by atoms with Gasteiger partial charge >= 0.3 is 0 Å². The summed E-state index contributed by atoms with van der Waals surface area (Å²) in [6.07, 6.45) is 3.68. The topological polar surface area (TPSA) is 37.4 Å². The van der Waals surface area contributed by atoms with E-state index >= 15 is 0 Å². The van der Waals surface area contributed by atoms with Gasteiger partial charge in [0.05, 0.1) is 11.5 Å². The summed E-state index contributed by atoms with van der Waals surface area (Å²) in [6.45, 7) is 9.32. The largest absolute Gasteiger partial charge is 0.301 e. The zero-order valence-electron chi connectivity index (χ0n) is 10.8. The second-order valence-electron chi connectivity index (χ2n) is 6.01. The predicted molar refractivity (Wildman–Crippen MR) is 68.4 cm³/mol. The van der Waals surface area contributed by atoms with Crippen molar-refractivity contribution in [2.24, 2.45) is 5.41 Å². The summed E-state index contributed by atoms with van der Waals surface area (Å²) < 4.78 is 22.5. The van der Waals surface area contributed by atoms with E-state index in [4.69, 9.17) is 0 Å². The molecule has 0 aromatic rings.